The molecule has 0 aliphatic carbocycles. The summed E-state index contributed by atoms with van der Waals surface area (Å²) < 4.78 is 65.1. The number of rotatable bonds is 6. The minimum atomic E-state index is -4.08. The molecule has 9 nitrogen and oxygen atoms in total. The molecule has 1 N–H and O–H groups in total. The van der Waals surface area contributed by atoms with E-state index in [9.17, 15) is 31.9 Å². The molecule has 3 aromatic carbocycles. The first kappa shape index (κ1) is 26.0. The molecular formula is C27H20F2N2O7S. The number of ether oxygens (including phenoxy) is 2. The van der Waals surface area contributed by atoms with E-state index in [4.69, 9.17) is 4.74 Å². The second-order valence-corrected chi connectivity index (χ2v) is 10.7. The molecule has 1 aliphatic rings. The van der Waals surface area contributed by atoms with Crippen LogP contribution in [0.25, 0.3) is 10.9 Å². The fourth-order valence-corrected chi connectivity index (χ4v) is 5.75. The molecule has 4 aromatic rings. The number of pyridine rings is 1. The van der Waals surface area contributed by atoms with Crippen molar-refractivity contribution < 1.29 is 36.6 Å². The van der Waals surface area contributed by atoms with Crippen molar-refractivity contribution in [2.45, 2.75) is 11.4 Å². The van der Waals surface area contributed by atoms with Gasteiger partial charge in [0.15, 0.2) is 16.4 Å². The number of halogens is 2. The van der Waals surface area contributed by atoms with Crippen molar-refractivity contribution in [2.75, 3.05) is 19.5 Å². The molecule has 200 valence electrons. The van der Waals surface area contributed by atoms with Crippen molar-refractivity contribution in [1.82, 2.24) is 4.57 Å². The Kier molecular flexibility index (Phi) is 6.64. The highest BCUT2D eigenvalue weighted by atomic mass is 32.2. The molecule has 5 rings (SSSR count). The van der Waals surface area contributed by atoms with E-state index in [1.807, 2.05) is 0 Å². The lowest BCUT2D eigenvalue weighted by Gasteiger charge is -2.20. The van der Waals surface area contributed by atoms with Crippen LogP contribution in [-0.2, 0) is 25.9 Å². The first-order chi connectivity index (χ1) is 18.6. The van der Waals surface area contributed by atoms with Gasteiger partial charge in [0.1, 0.15) is 28.7 Å². The van der Waals surface area contributed by atoms with Crippen molar-refractivity contribution in [3.8, 4) is 11.5 Å². The molecule has 1 aromatic heterocycles. The highest BCUT2D eigenvalue weighted by Crippen LogP contribution is 2.36. The van der Waals surface area contributed by atoms with Crippen LogP contribution in [0, 0.1) is 11.6 Å². The molecule has 12 heteroatoms. The molecule has 0 fully saturated rings. The Hall–Kier alpha value is -4.58. The zero-order valence-corrected chi connectivity index (χ0v) is 21.2. The largest absolute Gasteiger partial charge is 0.506 e. The molecule has 0 spiro atoms. The van der Waals surface area contributed by atoms with E-state index in [2.05, 4.69) is 9.73 Å². The minimum Gasteiger partial charge on any atom is -0.506 e. The average molecular weight is 555 g/mol. The molecule has 0 saturated carbocycles. The number of carbonyl (C=O) groups excluding carboxylic acids is 1. The molecule has 0 bridgehead atoms. The molecule has 39 heavy (non-hydrogen) atoms. The van der Waals surface area contributed by atoms with Gasteiger partial charge in [0.25, 0.3) is 5.56 Å². The lowest BCUT2D eigenvalue weighted by atomic mass is 10.1. The monoisotopic (exact) mass is 554 g/mol. The Morgan fingerprint density at radius 3 is 2.49 bits per heavy atom. The van der Waals surface area contributed by atoms with Crippen LogP contribution in [0.1, 0.15) is 11.1 Å². The van der Waals surface area contributed by atoms with Crippen LogP contribution in [0.2, 0.25) is 0 Å². The summed E-state index contributed by atoms with van der Waals surface area (Å²) in [6, 6.07) is 12.8. The fourth-order valence-electron chi connectivity index (χ4n) is 4.29. The SMILES string of the molecule is COC(=O)COc1ccc2c(c1)S(=O)(=O)CC(c1c(O)c3cc(F)ccc3n(Cc3ccc(F)cc3)c1=O)=N2. The first-order valence-electron chi connectivity index (χ1n) is 11.5. The van der Waals surface area contributed by atoms with Gasteiger partial charge in [-0.05, 0) is 48.0 Å². The van der Waals surface area contributed by atoms with Crippen LogP contribution in [0.15, 0.2) is 75.3 Å². The number of benzene rings is 3. The van der Waals surface area contributed by atoms with Crippen LogP contribution >= 0.6 is 0 Å². The second kappa shape index (κ2) is 9.95. The van der Waals surface area contributed by atoms with Gasteiger partial charge in [0, 0.05) is 11.5 Å². The number of fused-ring (bicyclic) bond motifs is 2. The first-order valence-corrected chi connectivity index (χ1v) is 13.2. The van der Waals surface area contributed by atoms with Crippen LogP contribution in [-0.4, -0.2) is 49.2 Å². The van der Waals surface area contributed by atoms with Crippen molar-refractivity contribution >= 4 is 38.1 Å². The number of carbonyl (C=O) groups is 1. The smallest absolute Gasteiger partial charge is 0.343 e. The Morgan fingerprint density at radius 2 is 1.77 bits per heavy atom. The maximum absolute atomic E-state index is 14.2. The van der Waals surface area contributed by atoms with Crippen LogP contribution < -0.4 is 10.3 Å². The number of sulfone groups is 1. The summed E-state index contributed by atoms with van der Waals surface area (Å²) >= 11 is 0. The van der Waals surface area contributed by atoms with Crippen LogP contribution in [0.5, 0.6) is 11.5 Å². The second-order valence-electron chi connectivity index (χ2n) is 8.71. The summed E-state index contributed by atoms with van der Waals surface area (Å²) in [5.41, 5.74) is -0.651. The van der Waals surface area contributed by atoms with Crippen LogP contribution in [0.3, 0.4) is 0 Å². The van der Waals surface area contributed by atoms with Gasteiger partial charge in [-0.2, -0.15) is 0 Å². The van der Waals surface area contributed by atoms with E-state index in [-0.39, 0.29) is 39.5 Å². The maximum Gasteiger partial charge on any atom is 0.343 e. The highest BCUT2D eigenvalue weighted by molar-refractivity contribution is 7.92. The van der Waals surface area contributed by atoms with Crippen molar-refractivity contribution in [2.24, 2.45) is 4.99 Å². The zero-order valence-electron chi connectivity index (χ0n) is 20.4. The number of nitrogens with zero attached hydrogens (tertiary/aromatic N) is 2. The number of aromatic nitrogens is 1. The highest BCUT2D eigenvalue weighted by Gasteiger charge is 2.32. The third-order valence-corrected chi connectivity index (χ3v) is 7.83. The van der Waals surface area contributed by atoms with Gasteiger partial charge in [-0.3, -0.25) is 9.79 Å². The van der Waals surface area contributed by atoms with E-state index >= 15 is 0 Å². The van der Waals surface area contributed by atoms with E-state index in [1.54, 1.807) is 0 Å². The fraction of sp³-hybridized carbons (Fsp3) is 0.148. The van der Waals surface area contributed by atoms with Crippen molar-refractivity contribution in [1.29, 1.82) is 0 Å². The standard InChI is InChI=1S/C27H20F2N2O7S/c1-37-24(32)13-38-18-7-8-20-23(11-18)39(35,36)14-21(30-20)25-26(33)19-10-17(29)6-9-22(19)31(27(25)34)12-15-2-4-16(28)5-3-15/h2-11,33H,12-14H2,1H3. The normalized spacial score (nSPS) is 14.0. The van der Waals surface area contributed by atoms with Crippen LogP contribution in [0.4, 0.5) is 14.5 Å². The molecule has 2 heterocycles. The number of hydrogen-bond donors (Lipinski definition) is 1. The van der Waals surface area contributed by atoms with Gasteiger partial charge in [0.05, 0.1) is 41.2 Å². The Morgan fingerprint density at radius 1 is 1.05 bits per heavy atom. The van der Waals surface area contributed by atoms with Gasteiger partial charge < -0.3 is 19.1 Å². The maximum atomic E-state index is 14.2. The quantitative estimate of drug-likeness (QED) is 0.362. The van der Waals surface area contributed by atoms with Gasteiger partial charge in [-0.15, -0.1) is 0 Å². The molecule has 0 amide bonds. The predicted octanol–water partition coefficient (Wildman–Crippen LogP) is 3.49. The zero-order chi connectivity index (χ0) is 27.9. The number of hydrogen-bond acceptors (Lipinski definition) is 8. The molecule has 0 atom stereocenters. The Bertz CT molecular complexity index is 1830. The van der Waals surface area contributed by atoms with Gasteiger partial charge in [-0.1, -0.05) is 12.1 Å². The van der Waals surface area contributed by atoms with Gasteiger partial charge >= 0.3 is 5.97 Å². The van der Waals surface area contributed by atoms with E-state index < -0.39 is 56.7 Å². The number of aromatic hydroxyl groups is 1. The lowest BCUT2D eigenvalue weighted by Crippen LogP contribution is -2.32. The lowest BCUT2D eigenvalue weighted by molar-refractivity contribution is -0.142. The third kappa shape index (κ3) is 4.98. The molecule has 0 radical (unpaired) electrons. The molecule has 0 unspecified atom stereocenters. The number of esters is 1. The summed E-state index contributed by atoms with van der Waals surface area (Å²) in [4.78, 5) is 29.2. The summed E-state index contributed by atoms with van der Waals surface area (Å²) in [5, 5.41) is 11.0. The topological polar surface area (TPSA) is 124 Å². The predicted molar refractivity (Wildman–Crippen MR) is 138 cm³/mol. The third-order valence-electron chi connectivity index (χ3n) is 6.18. The Balaban J connectivity index is 1.66. The summed E-state index contributed by atoms with van der Waals surface area (Å²) in [5.74, 6) is -3.06. The van der Waals surface area contributed by atoms with Crippen molar-refractivity contribution in [3.05, 3.63) is 93.8 Å². The molecular weight excluding hydrogens is 534 g/mol. The summed E-state index contributed by atoms with van der Waals surface area (Å²) in [6.07, 6.45) is 0. The molecule has 1 aliphatic heterocycles. The van der Waals surface area contributed by atoms with Gasteiger partial charge in [-0.25, -0.2) is 22.0 Å². The Labute approximate surface area is 220 Å². The summed E-state index contributed by atoms with van der Waals surface area (Å²) in [6.45, 7) is -0.495. The number of methoxy groups -OCH3 is 1. The minimum absolute atomic E-state index is 0.00936. The van der Waals surface area contributed by atoms with E-state index in [1.165, 1.54) is 60.2 Å². The molecule has 0 saturated heterocycles. The van der Waals surface area contributed by atoms with E-state index in [0.717, 1.165) is 12.1 Å². The van der Waals surface area contributed by atoms with E-state index in [0.29, 0.717) is 5.56 Å². The van der Waals surface area contributed by atoms with Gasteiger partial charge in [0.2, 0.25) is 0 Å². The summed E-state index contributed by atoms with van der Waals surface area (Å²) in [7, 11) is -2.90. The number of aliphatic imine (C=N–C) groups is 1. The average Bonchev–Trinajstić information content (AvgIpc) is 2.90. The van der Waals surface area contributed by atoms with Crippen molar-refractivity contribution in [3.63, 3.8) is 0 Å².